The number of rotatable bonds is 4. The third kappa shape index (κ3) is 2.69. The normalized spacial score (nSPS) is 10.2. The van der Waals surface area contributed by atoms with Gasteiger partial charge in [0.2, 0.25) is 0 Å². The van der Waals surface area contributed by atoms with E-state index in [1.165, 1.54) is 16.7 Å². The third-order valence-corrected chi connectivity index (χ3v) is 2.42. The number of nitrogens with zero attached hydrogens (tertiary/aromatic N) is 3. The number of anilines is 1. The number of carbonyl (C=O) groups is 2. The first-order valence-corrected chi connectivity index (χ1v) is 5.72. The fraction of sp³-hybridized carbons (Fsp3) is 0.0909. The number of hydrogen-bond donors (Lipinski definition) is 2. The van der Waals surface area contributed by atoms with Crippen LogP contribution in [0.25, 0.3) is 5.65 Å². The lowest BCUT2D eigenvalue weighted by Gasteiger charge is -2.06. The average molecular weight is 297 g/mol. The van der Waals surface area contributed by atoms with Gasteiger partial charge in [-0.3, -0.25) is 9.72 Å². The number of aromatic carboxylic acids is 1. The van der Waals surface area contributed by atoms with Crippen molar-refractivity contribution in [3.05, 3.63) is 35.9 Å². The van der Waals surface area contributed by atoms with Crippen LogP contribution in [0, 0.1) is 0 Å². The van der Waals surface area contributed by atoms with Crippen LogP contribution >= 0.6 is 11.6 Å². The molecule has 8 nitrogen and oxygen atoms in total. The molecule has 9 heteroatoms. The van der Waals surface area contributed by atoms with E-state index in [0.29, 0.717) is 0 Å². The molecule has 0 aliphatic carbocycles. The van der Waals surface area contributed by atoms with Crippen molar-refractivity contribution in [2.45, 2.75) is 0 Å². The van der Waals surface area contributed by atoms with Gasteiger partial charge in [0.05, 0.1) is 6.20 Å². The highest BCUT2D eigenvalue weighted by molar-refractivity contribution is 6.29. The van der Waals surface area contributed by atoms with Gasteiger partial charge in [-0.1, -0.05) is 24.3 Å². The van der Waals surface area contributed by atoms with Crippen LogP contribution in [-0.2, 0) is 4.74 Å². The van der Waals surface area contributed by atoms with E-state index in [4.69, 9.17) is 21.4 Å². The third-order valence-electron chi connectivity index (χ3n) is 2.23. The molecule has 0 spiro atoms. The summed E-state index contributed by atoms with van der Waals surface area (Å²) in [5.41, 5.74) is 0.0363. The predicted molar refractivity (Wildman–Crippen MR) is 70.1 cm³/mol. The van der Waals surface area contributed by atoms with Crippen LogP contribution in [0.5, 0.6) is 0 Å². The Labute approximate surface area is 117 Å². The van der Waals surface area contributed by atoms with Gasteiger partial charge in [-0.2, -0.15) is 0 Å². The summed E-state index contributed by atoms with van der Waals surface area (Å²) < 4.78 is 5.94. The SMILES string of the molecule is C=CCOC(=O)Nc1nc(Cl)cn2c(C(=O)O)cnc12. The first-order chi connectivity index (χ1) is 9.52. The minimum Gasteiger partial charge on any atom is -0.477 e. The molecule has 0 saturated heterocycles. The van der Waals surface area contributed by atoms with Crippen LogP contribution in [0.1, 0.15) is 10.5 Å². The second-order valence-corrected chi connectivity index (χ2v) is 3.95. The van der Waals surface area contributed by atoms with Crippen molar-refractivity contribution >= 4 is 35.1 Å². The molecule has 0 radical (unpaired) electrons. The number of carboxylic acids is 1. The number of amides is 1. The molecule has 0 atom stereocenters. The molecular weight excluding hydrogens is 288 g/mol. The number of ether oxygens (including phenoxy) is 1. The highest BCUT2D eigenvalue weighted by Gasteiger charge is 2.16. The maximum absolute atomic E-state index is 11.4. The van der Waals surface area contributed by atoms with E-state index >= 15 is 0 Å². The molecule has 1 amide bonds. The number of fused-ring (bicyclic) bond motifs is 1. The zero-order valence-corrected chi connectivity index (χ0v) is 10.8. The Kier molecular flexibility index (Phi) is 3.85. The van der Waals surface area contributed by atoms with E-state index < -0.39 is 12.1 Å². The van der Waals surface area contributed by atoms with Gasteiger partial charge in [-0.05, 0) is 0 Å². The van der Waals surface area contributed by atoms with E-state index in [-0.39, 0.29) is 28.9 Å². The topological polar surface area (TPSA) is 106 Å². The second kappa shape index (κ2) is 5.57. The number of carboxylic acid groups (broad SMARTS) is 1. The molecule has 2 heterocycles. The van der Waals surface area contributed by atoms with Crippen LogP contribution in [0.4, 0.5) is 10.6 Å². The number of aromatic nitrogens is 3. The van der Waals surface area contributed by atoms with Crippen molar-refractivity contribution in [1.82, 2.24) is 14.4 Å². The van der Waals surface area contributed by atoms with Crippen molar-refractivity contribution in [2.24, 2.45) is 0 Å². The van der Waals surface area contributed by atoms with Gasteiger partial charge in [-0.25, -0.2) is 19.6 Å². The molecule has 0 unspecified atom stereocenters. The minimum atomic E-state index is -1.18. The first-order valence-electron chi connectivity index (χ1n) is 5.34. The van der Waals surface area contributed by atoms with Gasteiger partial charge in [0.15, 0.2) is 17.2 Å². The Morgan fingerprint density at radius 2 is 2.35 bits per heavy atom. The lowest BCUT2D eigenvalue weighted by atomic mass is 10.5. The number of halogens is 1. The molecule has 0 saturated carbocycles. The molecule has 104 valence electrons. The predicted octanol–water partition coefficient (Wildman–Crippen LogP) is 1.82. The van der Waals surface area contributed by atoms with Crippen LogP contribution in [0.2, 0.25) is 5.15 Å². The number of imidazole rings is 1. The quantitative estimate of drug-likeness (QED) is 0.834. The van der Waals surface area contributed by atoms with Crippen LogP contribution in [-0.4, -0.2) is 38.1 Å². The van der Waals surface area contributed by atoms with Crippen molar-refractivity contribution in [3.63, 3.8) is 0 Å². The van der Waals surface area contributed by atoms with E-state index in [1.807, 2.05) is 0 Å². The standard InChI is InChI=1S/C11H9ClN4O4/c1-2-3-20-11(19)15-8-9-13-4-6(10(17)18)16(9)5-7(12)14-8/h2,4-5H,1,3H2,(H,17,18)(H,14,15,19). The van der Waals surface area contributed by atoms with Crippen LogP contribution in [0.15, 0.2) is 25.0 Å². The summed E-state index contributed by atoms with van der Waals surface area (Å²) in [6.07, 6.45) is 3.05. The van der Waals surface area contributed by atoms with Gasteiger partial charge in [-0.15, -0.1) is 0 Å². The Balaban J connectivity index is 2.40. The summed E-state index contributed by atoms with van der Waals surface area (Å²) in [7, 11) is 0. The summed E-state index contributed by atoms with van der Waals surface area (Å²) in [6, 6.07) is 0. The van der Waals surface area contributed by atoms with Gasteiger partial charge >= 0.3 is 12.1 Å². The zero-order valence-electron chi connectivity index (χ0n) is 10.0. The van der Waals surface area contributed by atoms with Crippen molar-refractivity contribution < 1.29 is 19.4 Å². The van der Waals surface area contributed by atoms with Crippen LogP contribution < -0.4 is 5.32 Å². The largest absolute Gasteiger partial charge is 0.477 e. The molecule has 0 bridgehead atoms. The molecule has 2 aromatic rings. The first kappa shape index (κ1) is 13.8. The van der Waals surface area contributed by atoms with Crippen LogP contribution in [0.3, 0.4) is 0 Å². The lowest BCUT2D eigenvalue weighted by molar-refractivity contribution is 0.0689. The maximum Gasteiger partial charge on any atom is 0.413 e. The summed E-state index contributed by atoms with van der Waals surface area (Å²) in [5.74, 6) is -1.18. The smallest absolute Gasteiger partial charge is 0.413 e. The minimum absolute atomic E-state index is 0.000868. The molecule has 20 heavy (non-hydrogen) atoms. The molecule has 0 aliphatic rings. The van der Waals surface area contributed by atoms with Crippen molar-refractivity contribution in [1.29, 1.82) is 0 Å². The molecule has 0 aromatic carbocycles. The Morgan fingerprint density at radius 1 is 1.60 bits per heavy atom. The fourth-order valence-electron chi connectivity index (χ4n) is 1.47. The van der Waals surface area contributed by atoms with E-state index in [9.17, 15) is 9.59 Å². The zero-order chi connectivity index (χ0) is 14.7. The van der Waals surface area contributed by atoms with Crippen molar-refractivity contribution in [3.8, 4) is 0 Å². The summed E-state index contributed by atoms with van der Waals surface area (Å²) in [4.78, 5) is 30.2. The molecule has 2 rings (SSSR count). The average Bonchev–Trinajstić information content (AvgIpc) is 2.80. The Bertz CT molecular complexity index is 697. The number of carbonyl (C=O) groups excluding carboxylic acids is 1. The van der Waals surface area contributed by atoms with E-state index in [1.54, 1.807) is 0 Å². The summed E-state index contributed by atoms with van der Waals surface area (Å²) in [5, 5.41) is 11.3. The van der Waals surface area contributed by atoms with Gasteiger partial charge in [0, 0.05) is 6.20 Å². The number of nitrogens with one attached hydrogen (secondary N) is 1. The molecule has 0 aliphatic heterocycles. The molecule has 2 N–H and O–H groups in total. The summed E-state index contributed by atoms with van der Waals surface area (Å²) in [6.45, 7) is 3.43. The molecule has 0 fully saturated rings. The fourth-order valence-corrected chi connectivity index (χ4v) is 1.65. The van der Waals surface area contributed by atoms with E-state index in [0.717, 1.165) is 6.20 Å². The Morgan fingerprint density at radius 3 is 3.00 bits per heavy atom. The van der Waals surface area contributed by atoms with Gasteiger partial charge in [0.25, 0.3) is 0 Å². The van der Waals surface area contributed by atoms with Gasteiger partial charge in [0.1, 0.15) is 11.8 Å². The maximum atomic E-state index is 11.4. The Hall–Kier alpha value is -2.61. The number of hydrogen-bond acceptors (Lipinski definition) is 5. The molecule has 2 aromatic heterocycles. The monoisotopic (exact) mass is 296 g/mol. The van der Waals surface area contributed by atoms with Gasteiger partial charge < -0.3 is 9.84 Å². The molecular formula is C11H9ClN4O4. The second-order valence-electron chi connectivity index (χ2n) is 3.57. The highest BCUT2D eigenvalue weighted by atomic mass is 35.5. The summed E-state index contributed by atoms with van der Waals surface area (Å²) >= 11 is 5.78. The van der Waals surface area contributed by atoms with E-state index in [2.05, 4.69) is 21.9 Å². The lowest BCUT2D eigenvalue weighted by Crippen LogP contribution is -2.16. The van der Waals surface area contributed by atoms with Crippen molar-refractivity contribution in [2.75, 3.05) is 11.9 Å². The highest BCUT2D eigenvalue weighted by Crippen LogP contribution is 2.19.